The largest absolute Gasteiger partial charge is 0.309 e. The van der Waals surface area contributed by atoms with Crippen LogP contribution in [0.5, 0.6) is 0 Å². The summed E-state index contributed by atoms with van der Waals surface area (Å²) >= 11 is 6.48. The first-order valence-electron chi connectivity index (χ1n) is 7.94. The maximum atomic E-state index is 10.2. The monoisotopic (exact) mass is 362 g/mol. The van der Waals surface area contributed by atoms with Crippen molar-refractivity contribution in [1.82, 2.24) is 4.90 Å². The first kappa shape index (κ1) is 20.5. The second kappa shape index (κ2) is 9.08. The van der Waals surface area contributed by atoms with Gasteiger partial charge in [-0.25, -0.2) is 0 Å². The molecule has 2 nitrogen and oxygen atoms in total. The van der Waals surface area contributed by atoms with Gasteiger partial charge in [0.2, 0.25) is 0 Å². The van der Waals surface area contributed by atoms with Crippen molar-refractivity contribution in [1.29, 1.82) is 5.26 Å². The van der Waals surface area contributed by atoms with Gasteiger partial charge in [-0.15, -0.1) is 12.4 Å². The Labute approximate surface area is 156 Å². The lowest BCUT2D eigenvalue weighted by Crippen LogP contribution is -2.32. The van der Waals surface area contributed by atoms with Crippen molar-refractivity contribution in [2.75, 3.05) is 20.6 Å². The lowest BCUT2D eigenvalue weighted by atomic mass is 9.71. The van der Waals surface area contributed by atoms with E-state index in [0.29, 0.717) is 11.4 Å². The van der Waals surface area contributed by atoms with Gasteiger partial charge < -0.3 is 4.90 Å². The van der Waals surface area contributed by atoms with Crippen molar-refractivity contribution in [3.63, 3.8) is 0 Å². The van der Waals surface area contributed by atoms with E-state index in [4.69, 9.17) is 11.6 Å². The van der Waals surface area contributed by atoms with Crippen LogP contribution in [-0.4, -0.2) is 25.5 Å². The molecule has 2 rings (SSSR count). The van der Waals surface area contributed by atoms with Gasteiger partial charge in [-0.1, -0.05) is 61.0 Å². The minimum Gasteiger partial charge on any atom is -0.309 e. The fraction of sp³-hybridized carbons (Fsp3) is 0.350. The van der Waals surface area contributed by atoms with Crippen LogP contribution in [0.1, 0.15) is 30.0 Å². The molecule has 0 bridgehead atoms. The topological polar surface area (TPSA) is 27.0 Å². The summed E-state index contributed by atoms with van der Waals surface area (Å²) in [6.45, 7) is 2.94. The van der Waals surface area contributed by atoms with Gasteiger partial charge in [-0.3, -0.25) is 0 Å². The van der Waals surface area contributed by atoms with Crippen LogP contribution in [0.4, 0.5) is 0 Å². The molecule has 0 aromatic heterocycles. The summed E-state index contributed by atoms with van der Waals surface area (Å²) in [6.07, 6.45) is 1.60. The number of nitrogens with zero attached hydrogens (tertiary/aromatic N) is 2. The summed E-state index contributed by atoms with van der Waals surface area (Å²) in [4.78, 5) is 2.11. The van der Waals surface area contributed by atoms with Gasteiger partial charge in [0.15, 0.2) is 0 Å². The van der Waals surface area contributed by atoms with Crippen LogP contribution in [0, 0.1) is 11.3 Å². The summed E-state index contributed by atoms with van der Waals surface area (Å²) in [5, 5.41) is 10.9. The molecule has 128 valence electrons. The highest BCUT2D eigenvalue weighted by molar-refractivity contribution is 6.31. The molecule has 0 radical (unpaired) electrons. The predicted molar refractivity (Wildman–Crippen MR) is 104 cm³/mol. The molecule has 0 saturated heterocycles. The highest BCUT2D eigenvalue weighted by atomic mass is 35.5. The van der Waals surface area contributed by atoms with Gasteiger partial charge in [0.05, 0.1) is 6.07 Å². The molecular formula is C20H24Cl2N2. The molecule has 2 aromatic carbocycles. The van der Waals surface area contributed by atoms with E-state index >= 15 is 0 Å². The molecule has 0 fully saturated rings. The highest BCUT2D eigenvalue weighted by Gasteiger charge is 2.37. The molecular weight excluding hydrogens is 339 g/mol. The molecule has 0 aliphatic carbocycles. The molecule has 2 aromatic rings. The van der Waals surface area contributed by atoms with E-state index in [1.807, 2.05) is 50.5 Å². The Kier molecular flexibility index (Phi) is 7.76. The Bertz CT molecular complexity index is 707. The molecule has 0 spiro atoms. The Morgan fingerprint density at radius 3 is 2.17 bits per heavy atom. The molecule has 0 heterocycles. The molecule has 0 aliphatic heterocycles. The van der Waals surface area contributed by atoms with Crippen molar-refractivity contribution < 1.29 is 0 Å². The van der Waals surface area contributed by atoms with Crippen LogP contribution in [0.2, 0.25) is 5.02 Å². The summed E-state index contributed by atoms with van der Waals surface area (Å²) in [6, 6.07) is 18.5. The maximum Gasteiger partial charge on any atom is 0.110 e. The molecule has 4 heteroatoms. The van der Waals surface area contributed by atoms with E-state index in [0.717, 1.165) is 24.1 Å². The number of rotatable bonds is 6. The summed E-state index contributed by atoms with van der Waals surface area (Å²) in [7, 11) is 4.06. The van der Waals surface area contributed by atoms with Crippen molar-refractivity contribution in [3.05, 3.63) is 70.2 Å². The summed E-state index contributed by atoms with van der Waals surface area (Å²) < 4.78 is 0. The Morgan fingerprint density at radius 1 is 1.04 bits per heavy atom. The van der Waals surface area contributed by atoms with Gasteiger partial charge in [-0.05, 0) is 56.2 Å². The third kappa shape index (κ3) is 4.11. The van der Waals surface area contributed by atoms with Crippen molar-refractivity contribution in [3.8, 4) is 6.07 Å². The van der Waals surface area contributed by atoms with Gasteiger partial charge in [-0.2, -0.15) is 5.26 Å². The van der Waals surface area contributed by atoms with Crippen LogP contribution in [0.25, 0.3) is 0 Å². The van der Waals surface area contributed by atoms with E-state index in [2.05, 4.69) is 30.0 Å². The number of nitriles is 1. The first-order chi connectivity index (χ1) is 11.0. The van der Waals surface area contributed by atoms with Gasteiger partial charge in [0.25, 0.3) is 0 Å². The third-order valence-corrected chi connectivity index (χ3v) is 4.65. The molecule has 0 amide bonds. The zero-order chi connectivity index (χ0) is 16.9. The average molecular weight is 363 g/mol. The van der Waals surface area contributed by atoms with Gasteiger partial charge in [0, 0.05) is 5.02 Å². The first-order valence-corrected chi connectivity index (χ1v) is 8.32. The summed E-state index contributed by atoms with van der Waals surface area (Å²) in [5.41, 5.74) is 2.44. The Hall–Kier alpha value is -1.53. The van der Waals surface area contributed by atoms with Gasteiger partial charge in [0.1, 0.15) is 5.41 Å². The fourth-order valence-electron chi connectivity index (χ4n) is 3.03. The predicted octanol–water partition coefficient (Wildman–Crippen LogP) is 5.09. The summed E-state index contributed by atoms with van der Waals surface area (Å²) in [5.74, 6) is 0. The van der Waals surface area contributed by atoms with Crippen LogP contribution >= 0.6 is 24.0 Å². The zero-order valence-electron chi connectivity index (χ0n) is 14.4. The molecule has 0 saturated carbocycles. The lowest BCUT2D eigenvalue weighted by molar-refractivity contribution is 0.371. The highest BCUT2D eigenvalue weighted by Crippen LogP contribution is 2.40. The van der Waals surface area contributed by atoms with E-state index in [-0.39, 0.29) is 12.4 Å². The quantitative estimate of drug-likeness (QED) is 0.715. The molecule has 1 atom stereocenters. The van der Waals surface area contributed by atoms with Crippen LogP contribution in [0.15, 0.2) is 48.5 Å². The maximum absolute atomic E-state index is 10.2. The van der Waals surface area contributed by atoms with Gasteiger partial charge >= 0.3 is 0 Å². The van der Waals surface area contributed by atoms with Crippen molar-refractivity contribution in [2.45, 2.75) is 25.2 Å². The Morgan fingerprint density at radius 2 is 1.62 bits per heavy atom. The lowest BCUT2D eigenvalue weighted by Gasteiger charge is -2.31. The van der Waals surface area contributed by atoms with Crippen molar-refractivity contribution in [2.24, 2.45) is 0 Å². The van der Waals surface area contributed by atoms with Crippen molar-refractivity contribution >= 4 is 24.0 Å². The fourth-order valence-corrected chi connectivity index (χ4v) is 3.33. The van der Waals surface area contributed by atoms with E-state index in [1.165, 1.54) is 5.56 Å². The molecule has 24 heavy (non-hydrogen) atoms. The standard InChI is InChI=1S/C20H23ClN2.ClH/c1-4-16-9-5-6-10-17(16)20(15-22,13-14-23(2)3)18-11-7-8-12-19(18)21;/h5-12H,4,13-14H2,1-3H3;1H. The number of benzene rings is 2. The second-order valence-electron chi connectivity index (χ2n) is 6.06. The van der Waals surface area contributed by atoms with E-state index in [9.17, 15) is 5.26 Å². The Balaban J connectivity index is 0.00000288. The number of hydrogen-bond donors (Lipinski definition) is 0. The second-order valence-corrected chi connectivity index (χ2v) is 6.47. The number of halogens is 2. The smallest absolute Gasteiger partial charge is 0.110 e. The molecule has 1 unspecified atom stereocenters. The SMILES string of the molecule is CCc1ccccc1C(C#N)(CCN(C)C)c1ccccc1Cl.Cl. The average Bonchev–Trinajstić information content (AvgIpc) is 2.57. The minimum absolute atomic E-state index is 0. The van der Waals surface area contributed by atoms with E-state index in [1.54, 1.807) is 0 Å². The normalized spacial score (nSPS) is 13.0. The zero-order valence-corrected chi connectivity index (χ0v) is 16.0. The number of aryl methyl sites for hydroxylation is 1. The van der Waals surface area contributed by atoms with Crippen LogP contribution in [0.3, 0.4) is 0 Å². The van der Waals surface area contributed by atoms with E-state index < -0.39 is 5.41 Å². The molecule has 0 aliphatic rings. The minimum atomic E-state index is -0.727. The third-order valence-electron chi connectivity index (χ3n) is 4.32. The van der Waals surface area contributed by atoms with Crippen LogP contribution in [-0.2, 0) is 11.8 Å². The van der Waals surface area contributed by atoms with Crippen LogP contribution < -0.4 is 0 Å². The molecule has 0 N–H and O–H groups in total. The number of hydrogen-bond acceptors (Lipinski definition) is 2.